The fraction of sp³-hybridized carbons (Fsp3) is 0.733. The summed E-state index contributed by atoms with van der Waals surface area (Å²) in [5.74, 6) is 0. The van der Waals surface area contributed by atoms with Crippen LogP contribution in [0.3, 0.4) is 0 Å². The van der Waals surface area contributed by atoms with Crippen LogP contribution in [0.25, 0.3) is 0 Å². The van der Waals surface area contributed by atoms with E-state index in [9.17, 15) is 0 Å². The van der Waals surface area contributed by atoms with Gasteiger partial charge in [0.2, 0.25) is 0 Å². The Kier molecular flexibility index (Phi) is 3.93. The molecule has 0 saturated heterocycles. The zero-order valence-electron chi connectivity index (χ0n) is 11.5. The second-order valence-corrected chi connectivity index (χ2v) is 6.01. The van der Waals surface area contributed by atoms with Crippen molar-refractivity contribution in [1.82, 2.24) is 9.88 Å². The van der Waals surface area contributed by atoms with Crippen molar-refractivity contribution in [3.8, 4) is 0 Å². The van der Waals surface area contributed by atoms with Crippen molar-refractivity contribution >= 4 is 0 Å². The summed E-state index contributed by atoms with van der Waals surface area (Å²) in [7, 11) is 0. The highest BCUT2D eigenvalue weighted by atomic mass is 15.0. The first-order valence-electron chi connectivity index (χ1n) is 7.01. The highest BCUT2D eigenvalue weighted by Crippen LogP contribution is 2.37. The van der Waals surface area contributed by atoms with Gasteiger partial charge in [-0.1, -0.05) is 27.2 Å². The van der Waals surface area contributed by atoms with E-state index in [2.05, 4.69) is 49.0 Å². The second kappa shape index (κ2) is 5.26. The van der Waals surface area contributed by atoms with Gasteiger partial charge in [0.25, 0.3) is 0 Å². The lowest BCUT2D eigenvalue weighted by molar-refractivity contribution is 0.280. The smallest absolute Gasteiger partial charge is 0.0361 e. The van der Waals surface area contributed by atoms with Crippen molar-refractivity contribution in [3.63, 3.8) is 0 Å². The molecular weight excluding hydrogens is 208 g/mol. The predicted octanol–water partition coefficient (Wildman–Crippen LogP) is 3.57. The molecule has 1 N–H and O–H groups in total. The first-order chi connectivity index (χ1) is 8.13. The monoisotopic (exact) mass is 234 g/mol. The minimum Gasteiger partial charge on any atom is -0.350 e. The van der Waals surface area contributed by atoms with Gasteiger partial charge in [0.1, 0.15) is 0 Å². The molecule has 1 heterocycles. The van der Waals surface area contributed by atoms with Gasteiger partial charge < -0.3 is 9.88 Å². The summed E-state index contributed by atoms with van der Waals surface area (Å²) in [6, 6.07) is 5.09. The number of rotatable bonds is 5. The topological polar surface area (TPSA) is 17.0 Å². The van der Waals surface area contributed by atoms with Gasteiger partial charge in [0.05, 0.1) is 0 Å². The Balaban J connectivity index is 1.91. The third-order valence-corrected chi connectivity index (χ3v) is 4.17. The van der Waals surface area contributed by atoms with E-state index in [-0.39, 0.29) is 0 Å². The lowest BCUT2D eigenvalue weighted by Gasteiger charge is -2.28. The van der Waals surface area contributed by atoms with Crippen LogP contribution in [-0.4, -0.2) is 10.6 Å². The number of nitrogens with zero attached hydrogens (tertiary/aromatic N) is 1. The van der Waals surface area contributed by atoms with Gasteiger partial charge in [-0.15, -0.1) is 0 Å². The molecule has 2 rings (SSSR count). The molecule has 0 spiro atoms. The molecule has 0 aliphatic heterocycles. The van der Waals surface area contributed by atoms with Gasteiger partial charge in [-0.2, -0.15) is 0 Å². The summed E-state index contributed by atoms with van der Waals surface area (Å²) in [6.45, 7) is 9.17. The fourth-order valence-electron chi connectivity index (χ4n) is 3.00. The summed E-state index contributed by atoms with van der Waals surface area (Å²) in [6.07, 6.45) is 7.47. The minimum atomic E-state index is 0.474. The Bertz CT molecular complexity index is 352. The highest BCUT2D eigenvalue weighted by Gasteiger charge is 2.33. The largest absolute Gasteiger partial charge is 0.350 e. The molecule has 96 valence electrons. The Labute approximate surface area is 105 Å². The summed E-state index contributed by atoms with van der Waals surface area (Å²) in [5, 5.41) is 3.75. The fourth-order valence-corrected chi connectivity index (χ4v) is 3.00. The molecule has 1 atom stereocenters. The third kappa shape index (κ3) is 2.92. The summed E-state index contributed by atoms with van der Waals surface area (Å²) in [4.78, 5) is 0. The molecule has 1 saturated carbocycles. The van der Waals surface area contributed by atoms with Crippen LogP contribution in [0, 0.1) is 5.41 Å². The van der Waals surface area contributed by atoms with E-state index >= 15 is 0 Å². The molecule has 0 amide bonds. The number of nitrogens with one attached hydrogen (secondary N) is 1. The van der Waals surface area contributed by atoms with Crippen molar-refractivity contribution in [2.24, 2.45) is 5.41 Å². The Hall–Kier alpha value is -0.760. The standard InChI is InChI=1S/C15H26N2/c1-4-10-17-11-6-7-13(17)12-16-14-8-5-9-15(14,2)3/h6-7,11,14,16H,4-5,8-10,12H2,1-3H3. The van der Waals surface area contributed by atoms with Crippen molar-refractivity contribution < 1.29 is 0 Å². The van der Waals surface area contributed by atoms with Crippen LogP contribution in [0.2, 0.25) is 0 Å². The van der Waals surface area contributed by atoms with Gasteiger partial charge in [-0.05, 0) is 36.8 Å². The van der Waals surface area contributed by atoms with Crippen LogP contribution >= 0.6 is 0 Å². The van der Waals surface area contributed by atoms with E-state index in [0.717, 1.165) is 13.1 Å². The zero-order valence-corrected chi connectivity index (χ0v) is 11.5. The maximum absolute atomic E-state index is 3.75. The minimum absolute atomic E-state index is 0.474. The van der Waals surface area contributed by atoms with Crippen LogP contribution in [0.5, 0.6) is 0 Å². The Morgan fingerprint density at radius 1 is 1.47 bits per heavy atom. The maximum Gasteiger partial charge on any atom is 0.0361 e. The van der Waals surface area contributed by atoms with Crippen molar-refractivity contribution in [2.45, 2.75) is 65.6 Å². The highest BCUT2D eigenvalue weighted by molar-refractivity contribution is 5.07. The number of hydrogen-bond donors (Lipinski definition) is 1. The van der Waals surface area contributed by atoms with Gasteiger partial charge in [0.15, 0.2) is 0 Å². The van der Waals surface area contributed by atoms with Crippen LogP contribution in [0.1, 0.15) is 52.1 Å². The zero-order chi connectivity index (χ0) is 12.3. The normalized spacial score (nSPS) is 23.1. The van der Waals surface area contributed by atoms with E-state index in [1.807, 2.05) is 0 Å². The molecule has 0 radical (unpaired) electrons. The first kappa shape index (κ1) is 12.7. The van der Waals surface area contributed by atoms with Crippen LogP contribution in [-0.2, 0) is 13.1 Å². The van der Waals surface area contributed by atoms with E-state index in [0.29, 0.717) is 11.5 Å². The number of aryl methyl sites for hydroxylation is 1. The molecule has 17 heavy (non-hydrogen) atoms. The lowest BCUT2D eigenvalue weighted by Crippen LogP contribution is -2.37. The molecular formula is C15H26N2. The van der Waals surface area contributed by atoms with Crippen LogP contribution in [0.15, 0.2) is 18.3 Å². The summed E-state index contributed by atoms with van der Waals surface area (Å²) < 4.78 is 2.37. The number of aromatic nitrogens is 1. The molecule has 0 aromatic carbocycles. The molecule has 1 unspecified atom stereocenters. The number of hydrogen-bond acceptors (Lipinski definition) is 1. The van der Waals surface area contributed by atoms with E-state index in [4.69, 9.17) is 0 Å². The van der Waals surface area contributed by atoms with Gasteiger partial charge in [-0.25, -0.2) is 0 Å². The van der Waals surface area contributed by atoms with Crippen LogP contribution in [0.4, 0.5) is 0 Å². The molecule has 2 nitrogen and oxygen atoms in total. The molecule has 1 aromatic heterocycles. The predicted molar refractivity (Wildman–Crippen MR) is 73.0 cm³/mol. The molecule has 1 aliphatic rings. The quantitative estimate of drug-likeness (QED) is 0.824. The van der Waals surface area contributed by atoms with E-state index in [1.54, 1.807) is 0 Å². The average Bonchev–Trinajstić information content (AvgIpc) is 2.83. The first-order valence-corrected chi connectivity index (χ1v) is 7.01. The molecule has 0 bridgehead atoms. The van der Waals surface area contributed by atoms with E-state index in [1.165, 1.54) is 31.4 Å². The molecule has 1 aromatic rings. The summed E-state index contributed by atoms with van der Waals surface area (Å²) >= 11 is 0. The second-order valence-electron chi connectivity index (χ2n) is 6.01. The lowest BCUT2D eigenvalue weighted by atomic mass is 9.87. The molecule has 1 aliphatic carbocycles. The van der Waals surface area contributed by atoms with Gasteiger partial charge in [0, 0.05) is 31.0 Å². The van der Waals surface area contributed by atoms with Crippen LogP contribution < -0.4 is 5.32 Å². The Morgan fingerprint density at radius 3 is 2.94 bits per heavy atom. The summed E-state index contributed by atoms with van der Waals surface area (Å²) in [5.41, 5.74) is 1.90. The van der Waals surface area contributed by atoms with Crippen molar-refractivity contribution in [1.29, 1.82) is 0 Å². The SMILES string of the molecule is CCCn1cccc1CNC1CCCC1(C)C. The molecule has 2 heteroatoms. The average molecular weight is 234 g/mol. The van der Waals surface area contributed by atoms with Crippen molar-refractivity contribution in [2.75, 3.05) is 0 Å². The van der Waals surface area contributed by atoms with Crippen molar-refractivity contribution in [3.05, 3.63) is 24.0 Å². The maximum atomic E-state index is 3.75. The van der Waals surface area contributed by atoms with E-state index < -0.39 is 0 Å². The van der Waals surface area contributed by atoms with Gasteiger partial charge in [-0.3, -0.25) is 0 Å². The molecule has 1 fully saturated rings. The van der Waals surface area contributed by atoms with Gasteiger partial charge >= 0.3 is 0 Å². The Morgan fingerprint density at radius 2 is 2.29 bits per heavy atom. The third-order valence-electron chi connectivity index (χ3n) is 4.17.